The van der Waals surface area contributed by atoms with Gasteiger partial charge in [-0.25, -0.2) is 0 Å². The van der Waals surface area contributed by atoms with Crippen molar-refractivity contribution in [3.05, 3.63) is 23.3 Å². The number of ether oxygens (including phenoxy) is 2. The lowest BCUT2D eigenvalue weighted by atomic mass is 9.93. The molecule has 0 aliphatic carbocycles. The highest BCUT2D eigenvalue weighted by Crippen LogP contribution is 2.47. The molecule has 118 valence electrons. The summed E-state index contributed by atoms with van der Waals surface area (Å²) in [6, 6.07) is 3.57. The number of nitrogens with zero attached hydrogens (tertiary/aromatic N) is 1. The standard InChI is InChI=1S/C16H19NO5/c18-7-10-3-4-13-15-11(10)2-1-5-17(15)9-16(21-13)6-12(20)14(8-19)22-16/h3-4,7,12,14,19-20H,1-2,5-6,8-9H2/t12-,14+,16+/m0/s1. The van der Waals surface area contributed by atoms with Gasteiger partial charge in [-0.3, -0.25) is 4.79 Å². The Morgan fingerprint density at radius 2 is 2.32 bits per heavy atom. The van der Waals surface area contributed by atoms with Gasteiger partial charge < -0.3 is 24.6 Å². The van der Waals surface area contributed by atoms with Crippen LogP contribution in [-0.2, 0) is 11.2 Å². The number of hydrogen-bond acceptors (Lipinski definition) is 6. The van der Waals surface area contributed by atoms with Crippen molar-refractivity contribution in [3.8, 4) is 5.75 Å². The maximum Gasteiger partial charge on any atom is 0.231 e. The van der Waals surface area contributed by atoms with E-state index in [2.05, 4.69) is 4.90 Å². The molecule has 1 spiro atoms. The summed E-state index contributed by atoms with van der Waals surface area (Å²) in [5, 5.41) is 19.3. The van der Waals surface area contributed by atoms with E-state index in [0.717, 1.165) is 36.9 Å². The molecule has 22 heavy (non-hydrogen) atoms. The Morgan fingerprint density at radius 1 is 1.45 bits per heavy atom. The minimum absolute atomic E-state index is 0.228. The van der Waals surface area contributed by atoms with Crippen molar-refractivity contribution >= 4 is 12.0 Å². The largest absolute Gasteiger partial charge is 0.458 e. The van der Waals surface area contributed by atoms with Crippen molar-refractivity contribution in [1.82, 2.24) is 0 Å². The number of benzene rings is 1. The summed E-state index contributed by atoms with van der Waals surface area (Å²) in [5.41, 5.74) is 2.72. The van der Waals surface area contributed by atoms with Crippen LogP contribution in [0.4, 0.5) is 5.69 Å². The molecule has 3 aliphatic heterocycles. The maximum absolute atomic E-state index is 11.2. The second-order valence-electron chi connectivity index (χ2n) is 6.25. The number of anilines is 1. The van der Waals surface area contributed by atoms with Gasteiger partial charge in [0.15, 0.2) is 0 Å². The molecule has 0 radical (unpaired) electrons. The summed E-state index contributed by atoms with van der Waals surface area (Å²) < 4.78 is 11.9. The molecule has 4 rings (SSSR count). The van der Waals surface area contributed by atoms with E-state index in [4.69, 9.17) is 9.47 Å². The second-order valence-corrected chi connectivity index (χ2v) is 6.25. The molecule has 3 heterocycles. The van der Waals surface area contributed by atoms with Gasteiger partial charge in [-0.1, -0.05) is 0 Å². The third-order valence-electron chi connectivity index (χ3n) is 4.80. The monoisotopic (exact) mass is 305 g/mol. The number of aldehydes is 1. The Morgan fingerprint density at radius 3 is 3.05 bits per heavy atom. The number of carbonyl (C=O) groups is 1. The van der Waals surface area contributed by atoms with E-state index in [1.165, 1.54) is 0 Å². The Balaban J connectivity index is 1.75. The van der Waals surface area contributed by atoms with Gasteiger partial charge in [-0.05, 0) is 30.5 Å². The Labute approximate surface area is 128 Å². The van der Waals surface area contributed by atoms with Gasteiger partial charge in [-0.15, -0.1) is 0 Å². The first-order valence-electron chi connectivity index (χ1n) is 7.67. The number of carbonyl (C=O) groups excluding carboxylic acids is 1. The van der Waals surface area contributed by atoms with Crippen LogP contribution in [0, 0.1) is 0 Å². The number of aliphatic hydroxyl groups is 2. The molecule has 6 nitrogen and oxygen atoms in total. The molecule has 6 heteroatoms. The van der Waals surface area contributed by atoms with E-state index in [1.807, 2.05) is 0 Å². The lowest BCUT2D eigenvalue weighted by Crippen LogP contribution is -2.53. The molecule has 0 unspecified atom stereocenters. The molecule has 1 saturated heterocycles. The normalized spacial score (nSPS) is 32.7. The van der Waals surface area contributed by atoms with Gasteiger partial charge in [0, 0.05) is 18.5 Å². The molecule has 3 aliphatic rings. The predicted octanol–water partition coefficient (Wildman–Crippen LogP) is 0.482. The first-order valence-corrected chi connectivity index (χ1v) is 7.67. The number of rotatable bonds is 2. The first-order chi connectivity index (χ1) is 10.7. The van der Waals surface area contributed by atoms with Gasteiger partial charge in [0.1, 0.15) is 18.1 Å². The van der Waals surface area contributed by atoms with Crippen LogP contribution in [0.5, 0.6) is 5.75 Å². The molecule has 1 aromatic carbocycles. The quantitative estimate of drug-likeness (QED) is 0.774. The van der Waals surface area contributed by atoms with Crippen LogP contribution in [0.1, 0.15) is 28.8 Å². The highest BCUT2D eigenvalue weighted by atomic mass is 16.7. The Hall–Kier alpha value is -1.63. The highest BCUT2D eigenvalue weighted by Gasteiger charge is 2.52. The zero-order valence-corrected chi connectivity index (χ0v) is 12.2. The van der Waals surface area contributed by atoms with Crippen LogP contribution < -0.4 is 9.64 Å². The average Bonchev–Trinajstić information content (AvgIpc) is 2.82. The smallest absolute Gasteiger partial charge is 0.231 e. The summed E-state index contributed by atoms with van der Waals surface area (Å²) in [5.74, 6) is -0.228. The molecule has 1 aromatic rings. The zero-order chi connectivity index (χ0) is 15.3. The minimum Gasteiger partial charge on any atom is -0.458 e. The third kappa shape index (κ3) is 1.95. The molecular weight excluding hydrogens is 286 g/mol. The SMILES string of the molecule is O=Cc1ccc2c3c1CCCN3C[C@]1(C[C@H](O)[C@@H](CO)O1)O2. The first kappa shape index (κ1) is 14.0. The van der Waals surface area contributed by atoms with E-state index >= 15 is 0 Å². The molecule has 0 bridgehead atoms. The molecule has 0 aromatic heterocycles. The maximum atomic E-state index is 11.2. The summed E-state index contributed by atoms with van der Waals surface area (Å²) >= 11 is 0. The molecular formula is C16H19NO5. The van der Waals surface area contributed by atoms with Crippen LogP contribution in [0.3, 0.4) is 0 Å². The van der Waals surface area contributed by atoms with Crippen LogP contribution >= 0.6 is 0 Å². The fraction of sp³-hybridized carbons (Fsp3) is 0.562. The lowest BCUT2D eigenvalue weighted by Gasteiger charge is -2.45. The number of hydrogen-bond donors (Lipinski definition) is 2. The fourth-order valence-corrected chi connectivity index (χ4v) is 3.85. The van der Waals surface area contributed by atoms with Crippen LogP contribution in [-0.4, -0.2) is 54.2 Å². The summed E-state index contributed by atoms with van der Waals surface area (Å²) in [6.45, 7) is 1.15. The van der Waals surface area contributed by atoms with Crippen LogP contribution in [0.15, 0.2) is 12.1 Å². The van der Waals surface area contributed by atoms with Gasteiger partial charge in [0.25, 0.3) is 0 Å². The van der Waals surface area contributed by atoms with Crippen molar-refractivity contribution in [2.75, 3.05) is 24.6 Å². The second kappa shape index (κ2) is 4.94. The molecule has 2 N–H and O–H groups in total. The van der Waals surface area contributed by atoms with E-state index < -0.39 is 18.0 Å². The number of aliphatic hydroxyl groups excluding tert-OH is 2. The molecule has 0 amide bonds. The van der Waals surface area contributed by atoms with Crippen LogP contribution in [0.2, 0.25) is 0 Å². The lowest BCUT2D eigenvalue weighted by molar-refractivity contribution is -0.177. The Kier molecular flexibility index (Phi) is 3.14. The van der Waals surface area contributed by atoms with E-state index in [0.29, 0.717) is 24.3 Å². The van der Waals surface area contributed by atoms with Gasteiger partial charge >= 0.3 is 0 Å². The molecule has 3 atom stereocenters. The van der Waals surface area contributed by atoms with Crippen molar-refractivity contribution < 1.29 is 24.5 Å². The summed E-state index contributed by atoms with van der Waals surface area (Å²) in [6.07, 6.45) is 1.72. The topological polar surface area (TPSA) is 79.2 Å². The zero-order valence-electron chi connectivity index (χ0n) is 12.2. The van der Waals surface area contributed by atoms with E-state index in [1.54, 1.807) is 12.1 Å². The third-order valence-corrected chi connectivity index (χ3v) is 4.80. The van der Waals surface area contributed by atoms with E-state index in [-0.39, 0.29) is 6.61 Å². The van der Waals surface area contributed by atoms with Crippen LogP contribution in [0.25, 0.3) is 0 Å². The minimum atomic E-state index is -0.920. The molecule has 1 fully saturated rings. The molecule has 0 saturated carbocycles. The summed E-state index contributed by atoms with van der Waals surface area (Å²) in [4.78, 5) is 13.4. The van der Waals surface area contributed by atoms with Gasteiger partial charge in [0.2, 0.25) is 5.79 Å². The van der Waals surface area contributed by atoms with Crippen molar-refractivity contribution in [1.29, 1.82) is 0 Å². The average molecular weight is 305 g/mol. The highest BCUT2D eigenvalue weighted by molar-refractivity contribution is 5.84. The fourth-order valence-electron chi connectivity index (χ4n) is 3.85. The van der Waals surface area contributed by atoms with Gasteiger partial charge in [0.05, 0.1) is 24.9 Å². The van der Waals surface area contributed by atoms with Crippen molar-refractivity contribution in [2.45, 2.75) is 37.3 Å². The van der Waals surface area contributed by atoms with Gasteiger partial charge in [-0.2, -0.15) is 0 Å². The van der Waals surface area contributed by atoms with E-state index in [9.17, 15) is 15.0 Å². The van der Waals surface area contributed by atoms with Crippen molar-refractivity contribution in [3.63, 3.8) is 0 Å². The van der Waals surface area contributed by atoms with Crippen molar-refractivity contribution in [2.24, 2.45) is 0 Å². The summed E-state index contributed by atoms with van der Waals surface area (Å²) in [7, 11) is 0. The predicted molar refractivity (Wildman–Crippen MR) is 78.3 cm³/mol. The Bertz CT molecular complexity index is 619.